The number of hydrazine groups is 1. The minimum absolute atomic E-state index is 0.900. The van der Waals surface area contributed by atoms with Crippen LogP contribution in [-0.4, -0.2) is 66.2 Å². The SMILES string of the molecule is CCN(CCS)N(CCS)CCCCN(C)Cc1ccccc1. The molecule has 5 heteroatoms. The Morgan fingerprint density at radius 2 is 1.43 bits per heavy atom. The average molecular weight is 356 g/mol. The molecule has 0 bridgehead atoms. The molecule has 3 nitrogen and oxygen atoms in total. The van der Waals surface area contributed by atoms with Crippen molar-refractivity contribution in [1.82, 2.24) is 14.9 Å². The van der Waals surface area contributed by atoms with Gasteiger partial charge in [-0.2, -0.15) is 25.3 Å². The van der Waals surface area contributed by atoms with E-state index in [1.807, 2.05) is 0 Å². The molecule has 0 atom stereocenters. The fourth-order valence-electron chi connectivity index (χ4n) is 2.78. The summed E-state index contributed by atoms with van der Waals surface area (Å²) in [6.45, 7) is 8.57. The van der Waals surface area contributed by atoms with Crippen molar-refractivity contribution in [3.05, 3.63) is 35.9 Å². The quantitative estimate of drug-likeness (QED) is 0.320. The van der Waals surface area contributed by atoms with Gasteiger partial charge in [0.05, 0.1) is 0 Å². The maximum Gasteiger partial charge on any atom is 0.0230 e. The number of unbranched alkanes of at least 4 members (excludes halogenated alkanes) is 1. The fraction of sp³-hybridized carbons (Fsp3) is 0.667. The van der Waals surface area contributed by atoms with Crippen LogP contribution >= 0.6 is 25.3 Å². The molecule has 0 unspecified atom stereocenters. The first-order chi connectivity index (χ1) is 11.2. The highest BCUT2D eigenvalue weighted by Gasteiger charge is 2.12. The molecule has 1 rings (SSSR count). The monoisotopic (exact) mass is 355 g/mol. The van der Waals surface area contributed by atoms with Crippen molar-refractivity contribution in [3.8, 4) is 0 Å². The van der Waals surface area contributed by atoms with E-state index in [9.17, 15) is 0 Å². The lowest BCUT2D eigenvalue weighted by Crippen LogP contribution is -2.45. The van der Waals surface area contributed by atoms with E-state index >= 15 is 0 Å². The predicted molar refractivity (Wildman–Crippen MR) is 109 cm³/mol. The first-order valence-electron chi connectivity index (χ1n) is 8.65. The van der Waals surface area contributed by atoms with E-state index in [2.05, 4.69) is 84.5 Å². The Bertz CT molecular complexity index is 389. The molecule has 0 aliphatic carbocycles. The Balaban J connectivity index is 2.27. The molecule has 0 N–H and O–H groups in total. The van der Waals surface area contributed by atoms with Crippen LogP contribution in [0.3, 0.4) is 0 Å². The molecular weight excluding hydrogens is 322 g/mol. The Labute approximate surface area is 153 Å². The highest BCUT2D eigenvalue weighted by atomic mass is 32.1. The lowest BCUT2D eigenvalue weighted by Gasteiger charge is -2.34. The number of hydrogen-bond acceptors (Lipinski definition) is 5. The summed E-state index contributed by atoms with van der Waals surface area (Å²) in [7, 11) is 2.21. The minimum atomic E-state index is 0.900. The molecule has 0 fully saturated rings. The van der Waals surface area contributed by atoms with Crippen molar-refractivity contribution in [2.45, 2.75) is 26.3 Å². The molecule has 0 aromatic heterocycles. The number of thiol groups is 2. The van der Waals surface area contributed by atoms with Gasteiger partial charge in [0, 0.05) is 44.2 Å². The Kier molecular flexibility index (Phi) is 11.9. The van der Waals surface area contributed by atoms with Crippen LogP contribution in [0.5, 0.6) is 0 Å². The molecule has 0 saturated heterocycles. The first-order valence-corrected chi connectivity index (χ1v) is 9.91. The zero-order chi connectivity index (χ0) is 16.9. The normalized spacial score (nSPS) is 11.8. The molecule has 1 aromatic carbocycles. The molecule has 0 heterocycles. The van der Waals surface area contributed by atoms with Crippen LogP contribution in [0.2, 0.25) is 0 Å². The van der Waals surface area contributed by atoms with Gasteiger partial charge in [-0.3, -0.25) is 0 Å². The molecule has 0 amide bonds. The molecule has 23 heavy (non-hydrogen) atoms. The lowest BCUT2D eigenvalue weighted by molar-refractivity contribution is -0.0110. The maximum absolute atomic E-state index is 4.40. The Morgan fingerprint density at radius 3 is 2.04 bits per heavy atom. The third-order valence-electron chi connectivity index (χ3n) is 3.98. The van der Waals surface area contributed by atoms with Gasteiger partial charge in [0.2, 0.25) is 0 Å². The van der Waals surface area contributed by atoms with Crippen molar-refractivity contribution in [3.63, 3.8) is 0 Å². The lowest BCUT2D eigenvalue weighted by atomic mass is 10.2. The molecule has 0 aliphatic rings. The summed E-state index contributed by atoms with van der Waals surface area (Å²) in [6, 6.07) is 10.7. The van der Waals surface area contributed by atoms with Gasteiger partial charge in [0.1, 0.15) is 0 Å². The van der Waals surface area contributed by atoms with Crippen LogP contribution in [-0.2, 0) is 6.54 Å². The van der Waals surface area contributed by atoms with E-state index in [1.54, 1.807) is 0 Å². The van der Waals surface area contributed by atoms with Crippen molar-refractivity contribution < 1.29 is 0 Å². The van der Waals surface area contributed by atoms with Crippen molar-refractivity contribution in [2.75, 3.05) is 51.3 Å². The van der Waals surface area contributed by atoms with Crippen LogP contribution in [0.25, 0.3) is 0 Å². The van der Waals surface area contributed by atoms with Crippen LogP contribution in [0, 0.1) is 0 Å². The third kappa shape index (κ3) is 9.01. The van der Waals surface area contributed by atoms with E-state index < -0.39 is 0 Å². The molecule has 0 radical (unpaired) electrons. The summed E-state index contributed by atoms with van der Waals surface area (Å²) < 4.78 is 0. The van der Waals surface area contributed by atoms with Crippen LogP contribution in [0.15, 0.2) is 30.3 Å². The van der Waals surface area contributed by atoms with Gasteiger partial charge in [-0.15, -0.1) is 0 Å². The average Bonchev–Trinajstić information content (AvgIpc) is 2.56. The standard InChI is InChI=1S/C18H33N3S2/c1-3-20(13-15-22)21(14-16-23)12-8-7-11-19(2)17-18-9-5-4-6-10-18/h4-6,9-10,22-23H,3,7-8,11-17H2,1-2H3. The van der Waals surface area contributed by atoms with Gasteiger partial charge in [-0.1, -0.05) is 37.3 Å². The van der Waals surface area contributed by atoms with E-state index in [0.717, 1.165) is 50.8 Å². The smallest absolute Gasteiger partial charge is 0.0230 e. The third-order valence-corrected chi connectivity index (χ3v) is 4.38. The van der Waals surface area contributed by atoms with Crippen molar-refractivity contribution in [1.29, 1.82) is 0 Å². The number of nitrogens with zero attached hydrogens (tertiary/aromatic N) is 3. The van der Waals surface area contributed by atoms with Gasteiger partial charge >= 0.3 is 0 Å². The summed E-state index contributed by atoms with van der Waals surface area (Å²) in [5, 5.41) is 4.84. The molecule has 132 valence electrons. The minimum Gasteiger partial charge on any atom is -0.302 e. The highest BCUT2D eigenvalue weighted by Crippen LogP contribution is 2.06. The van der Waals surface area contributed by atoms with Crippen molar-refractivity contribution >= 4 is 25.3 Å². The molecular formula is C18H33N3S2. The predicted octanol–water partition coefficient (Wildman–Crippen LogP) is 3.30. The van der Waals surface area contributed by atoms with Gasteiger partial charge in [-0.25, -0.2) is 10.0 Å². The molecule has 0 aliphatic heterocycles. The second kappa shape index (κ2) is 13.1. The largest absolute Gasteiger partial charge is 0.302 e. The second-order valence-corrected chi connectivity index (χ2v) is 6.77. The zero-order valence-electron chi connectivity index (χ0n) is 14.7. The Morgan fingerprint density at radius 1 is 0.826 bits per heavy atom. The molecule has 1 aromatic rings. The topological polar surface area (TPSA) is 9.72 Å². The molecule has 0 spiro atoms. The Hall–Kier alpha value is -0.200. The maximum atomic E-state index is 4.40. The fourth-order valence-corrected chi connectivity index (χ4v) is 3.24. The zero-order valence-corrected chi connectivity index (χ0v) is 16.5. The number of rotatable bonds is 13. The number of benzene rings is 1. The van der Waals surface area contributed by atoms with Gasteiger partial charge in [0.25, 0.3) is 0 Å². The summed E-state index contributed by atoms with van der Waals surface area (Å²) in [5.74, 6) is 1.80. The van der Waals surface area contributed by atoms with Gasteiger partial charge < -0.3 is 4.90 Å². The van der Waals surface area contributed by atoms with Crippen LogP contribution in [0.1, 0.15) is 25.3 Å². The van der Waals surface area contributed by atoms with Gasteiger partial charge in [-0.05, 0) is 32.0 Å². The van der Waals surface area contributed by atoms with Crippen molar-refractivity contribution in [2.24, 2.45) is 0 Å². The summed E-state index contributed by atoms with van der Waals surface area (Å²) in [5.41, 5.74) is 1.39. The number of hydrogen-bond donors (Lipinski definition) is 2. The van der Waals surface area contributed by atoms with Crippen LogP contribution < -0.4 is 0 Å². The van der Waals surface area contributed by atoms with E-state index in [4.69, 9.17) is 0 Å². The summed E-state index contributed by atoms with van der Waals surface area (Å²) >= 11 is 8.77. The van der Waals surface area contributed by atoms with E-state index in [1.165, 1.54) is 18.4 Å². The first kappa shape index (κ1) is 20.8. The highest BCUT2D eigenvalue weighted by molar-refractivity contribution is 7.80. The van der Waals surface area contributed by atoms with E-state index in [0.29, 0.717) is 0 Å². The summed E-state index contributed by atoms with van der Waals surface area (Å²) in [6.07, 6.45) is 2.45. The molecule has 0 saturated carbocycles. The second-order valence-electron chi connectivity index (χ2n) is 5.88. The van der Waals surface area contributed by atoms with Gasteiger partial charge in [0.15, 0.2) is 0 Å². The van der Waals surface area contributed by atoms with E-state index in [-0.39, 0.29) is 0 Å². The van der Waals surface area contributed by atoms with Crippen LogP contribution in [0.4, 0.5) is 0 Å². The summed E-state index contributed by atoms with van der Waals surface area (Å²) in [4.78, 5) is 2.41.